The Morgan fingerprint density at radius 3 is 1.54 bits per heavy atom. The first-order valence-electron chi connectivity index (χ1n) is 11.6. The normalized spacial score (nSPS) is 19.6. The third kappa shape index (κ3) is 8.40. The predicted octanol–water partition coefficient (Wildman–Crippen LogP) is 7.67. The molecule has 0 saturated carbocycles. The van der Waals surface area contributed by atoms with Gasteiger partial charge in [0.15, 0.2) is 0 Å². The molecule has 160 valence electrons. The topological polar surface area (TPSA) is 18.5 Å². The zero-order valence-corrected chi connectivity index (χ0v) is 22.6. The first kappa shape index (κ1) is 26.0. The molecule has 1 saturated heterocycles. The van der Waals surface area contributed by atoms with Gasteiger partial charge in [0.1, 0.15) is 0 Å². The molecule has 0 aromatic heterocycles. The summed E-state index contributed by atoms with van der Waals surface area (Å²) < 4.78 is 19.3. The fraction of sp³-hybridized carbons (Fsp3) is 0.750. The van der Waals surface area contributed by atoms with Gasteiger partial charge >= 0.3 is 181 Å². The van der Waals surface area contributed by atoms with E-state index in [1.54, 1.807) is 0 Å². The molecule has 1 fully saturated rings. The molecule has 4 heteroatoms. The van der Waals surface area contributed by atoms with Crippen molar-refractivity contribution in [3.63, 3.8) is 0 Å². The fourth-order valence-electron chi connectivity index (χ4n) is 3.72. The van der Waals surface area contributed by atoms with Crippen molar-refractivity contribution in [2.24, 2.45) is 0 Å². The second kappa shape index (κ2) is 12.6. The van der Waals surface area contributed by atoms with Gasteiger partial charge in [0.25, 0.3) is 0 Å². The standard InChI is InChI=1S/C12H18BO2.3C4H9.Sn/c1-6-7-8-9-10-13-14-11(2,3)12(4,5)15-13;3*1-3-4-2;/h1,6-10H,2-5H3;3*1,3-4H2,2H3;/b6-1?,8-7+,10-9+;;;;. The summed E-state index contributed by atoms with van der Waals surface area (Å²) in [5.41, 5.74) is -0.533. The van der Waals surface area contributed by atoms with Gasteiger partial charge in [-0.25, -0.2) is 0 Å². The molecular formula is C24H45BO2Sn. The van der Waals surface area contributed by atoms with E-state index in [1.807, 2.05) is 5.98 Å². The molecule has 0 aliphatic carbocycles. The Hall–Kier alpha value is 0.00364. The molecule has 0 N–H and O–H groups in total. The van der Waals surface area contributed by atoms with Gasteiger partial charge in [-0.1, -0.05) is 0 Å². The van der Waals surface area contributed by atoms with Gasteiger partial charge in [-0.3, -0.25) is 0 Å². The molecule has 1 aliphatic heterocycles. The minimum absolute atomic E-state index is 0.254. The second-order valence-electron chi connectivity index (χ2n) is 9.43. The SMILES string of the molecule is CCC[CH2][Sn](/[CH]=C/C=C/C=C/B1OC(C)(C)C(C)(C)O1)([CH2]CCC)[CH2]CCC. The number of hydrogen-bond acceptors (Lipinski definition) is 2. The monoisotopic (exact) mass is 496 g/mol. The first-order valence-corrected chi connectivity index (χ1v) is 19.3. The van der Waals surface area contributed by atoms with E-state index >= 15 is 0 Å². The summed E-state index contributed by atoms with van der Waals surface area (Å²) in [6, 6.07) is 0. The van der Waals surface area contributed by atoms with Gasteiger partial charge in [-0.05, 0) is 0 Å². The molecule has 1 rings (SSSR count). The van der Waals surface area contributed by atoms with Crippen LogP contribution in [0.3, 0.4) is 0 Å². The van der Waals surface area contributed by atoms with E-state index in [2.05, 4.69) is 76.9 Å². The van der Waals surface area contributed by atoms with E-state index in [-0.39, 0.29) is 18.3 Å². The van der Waals surface area contributed by atoms with Crippen LogP contribution in [0.5, 0.6) is 0 Å². The van der Waals surface area contributed by atoms with Crippen LogP contribution < -0.4 is 0 Å². The van der Waals surface area contributed by atoms with Gasteiger partial charge in [-0.15, -0.1) is 0 Å². The molecule has 0 aromatic carbocycles. The molecule has 28 heavy (non-hydrogen) atoms. The van der Waals surface area contributed by atoms with E-state index in [0.717, 1.165) is 0 Å². The van der Waals surface area contributed by atoms with Gasteiger partial charge < -0.3 is 0 Å². The Balaban J connectivity index is 2.69. The van der Waals surface area contributed by atoms with Crippen LogP contribution in [-0.2, 0) is 9.31 Å². The molecule has 0 atom stereocenters. The average molecular weight is 495 g/mol. The van der Waals surface area contributed by atoms with Crippen molar-refractivity contribution in [3.05, 3.63) is 34.4 Å². The van der Waals surface area contributed by atoms with Gasteiger partial charge in [0, 0.05) is 0 Å². The van der Waals surface area contributed by atoms with Crippen LogP contribution in [0.15, 0.2) is 34.4 Å². The third-order valence-electron chi connectivity index (χ3n) is 6.41. The molecule has 0 bridgehead atoms. The fourth-order valence-corrected chi connectivity index (χ4v) is 17.8. The average Bonchev–Trinajstić information content (AvgIpc) is 2.85. The van der Waals surface area contributed by atoms with Crippen LogP contribution in [0.1, 0.15) is 87.0 Å². The Morgan fingerprint density at radius 2 is 1.11 bits per heavy atom. The van der Waals surface area contributed by atoms with Crippen molar-refractivity contribution in [3.8, 4) is 0 Å². The van der Waals surface area contributed by atoms with Crippen molar-refractivity contribution in [2.75, 3.05) is 0 Å². The van der Waals surface area contributed by atoms with Crippen molar-refractivity contribution in [2.45, 2.75) is 112 Å². The van der Waals surface area contributed by atoms with Gasteiger partial charge in [-0.2, -0.15) is 0 Å². The number of rotatable bonds is 13. The molecular weight excluding hydrogens is 450 g/mol. The summed E-state index contributed by atoms with van der Waals surface area (Å²) in [6.45, 7) is 15.4. The molecule has 0 unspecified atom stereocenters. The van der Waals surface area contributed by atoms with E-state index < -0.39 is 18.4 Å². The van der Waals surface area contributed by atoms with E-state index in [9.17, 15) is 0 Å². The Labute approximate surface area is 180 Å². The van der Waals surface area contributed by atoms with E-state index in [4.69, 9.17) is 9.31 Å². The number of allylic oxidation sites excluding steroid dienone is 4. The zero-order valence-electron chi connectivity index (χ0n) is 19.7. The summed E-state index contributed by atoms with van der Waals surface area (Å²) >= 11 is -2.14. The van der Waals surface area contributed by atoms with E-state index in [1.165, 1.54) is 51.8 Å². The van der Waals surface area contributed by atoms with Crippen molar-refractivity contribution < 1.29 is 9.31 Å². The van der Waals surface area contributed by atoms with Crippen LogP contribution >= 0.6 is 0 Å². The van der Waals surface area contributed by atoms with Gasteiger partial charge in [0.2, 0.25) is 0 Å². The summed E-state index contributed by atoms with van der Waals surface area (Å²) in [6.07, 6.45) is 17.0. The second-order valence-corrected chi connectivity index (χ2v) is 22.4. The minimum atomic E-state index is -2.14. The number of unbranched alkanes of at least 4 members (excludes halogenated alkanes) is 3. The maximum atomic E-state index is 6.01. The predicted molar refractivity (Wildman–Crippen MR) is 128 cm³/mol. The molecule has 0 radical (unpaired) electrons. The first-order chi connectivity index (χ1) is 13.2. The number of hydrogen-bond donors (Lipinski definition) is 0. The molecule has 0 amide bonds. The Bertz CT molecular complexity index is 485. The van der Waals surface area contributed by atoms with Crippen molar-refractivity contribution in [1.29, 1.82) is 0 Å². The molecule has 2 nitrogen and oxygen atoms in total. The Morgan fingerprint density at radius 1 is 0.679 bits per heavy atom. The summed E-state index contributed by atoms with van der Waals surface area (Å²) in [5.74, 6) is 2.02. The van der Waals surface area contributed by atoms with Crippen molar-refractivity contribution in [1.82, 2.24) is 0 Å². The van der Waals surface area contributed by atoms with Crippen LogP contribution in [0, 0.1) is 0 Å². The van der Waals surface area contributed by atoms with Crippen LogP contribution in [-0.4, -0.2) is 36.7 Å². The maximum absolute atomic E-state index is 6.01. The summed E-state index contributed by atoms with van der Waals surface area (Å²) in [5, 5.41) is 0. The zero-order chi connectivity index (χ0) is 21.1. The van der Waals surface area contributed by atoms with Crippen LogP contribution in [0.2, 0.25) is 13.3 Å². The van der Waals surface area contributed by atoms with Crippen LogP contribution in [0.4, 0.5) is 0 Å². The quantitative estimate of drug-likeness (QED) is 0.193. The van der Waals surface area contributed by atoms with Gasteiger partial charge in [0.05, 0.1) is 0 Å². The van der Waals surface area contributed by atoms with Crippen molar-refractivity contribution >= 4 is 25.5 Å². The Kier molecular flexibility index (Phi) is 11.8. The van der Waals surface area contributed by atoms with Crippen LogP contribution in [0.25, 0.3) is 0 Å². The molecule has 1 aliphatic rings. The van der Waals surface area contributed by atoms with E-state index in [0.29, 0.717) is 0 Å². The summed E-state index contributed by atoms with van der Waals surface area (Å²) in [4.78, 5) is 0. The molecule has 0 aromatic rings. The molecule has 1 heterocycles. The molecule has 0 spiro atoms. The summed E-state index contributed by atoms with van der Waals surface area (Å²) in [7, 11) is -0.254. The third-order valence-corrected chi connectivity index (χ3v) is 20.5.